The highest BCUT2D eigenvalue weighted by atomic mass is 35.5. The molecule has 1 fully saturated rings. The molecule has 0 saturated carbocycles. The van der Waals surface area contributed by atoms with E-state index in [1.54, 1.807) is 18.2 Å². The first kappa shape index (κ1) is 25.1. The zero-order valence-electron chi connectivity index (χ0n) is 20.0. The molecule has 0 spiro atoms. The van der Waals surface area contributed by atoms with Crippen molar-refractivity contribution < 1.29 is 14.7 Å². The zero-order chi connectivity index (χ0) is 25.9. The van der Waals surface area contributed by atoms with Crippen LogP contribution in [0.4, 0.5) is 5.95 Å². The number of piperidine rings is 1. The number of anilines is 1. The summed E-state index contributed by atoms with van der Waals surface area (Å²) in [5.74, 6) is -0.916. The maximum atomic E-state index is 13.1. The Kier molecular flexibility index (Phi) is 7.35. The van der Waals surface area contributed by atoms with E-state index in [-0.39, 0.29) is 18.2 Å². The number of nitrogens with zero attached hydrogens (tertiary/aromatic N) is 2. The molecule has 9 heteroatoms. The number of fused-ring (bicyclic) bond motifs is 1. The van der Waals surface area contributed by atoms with Crippen LogP contribution in [0.2, 0.25) is 10.0 Å². The first-order chi connectivity index (χ1) is 17.9. The first-order valence-electron chi connectivity index (χ1n) is 12.1. The highest BCUT2D eigenvalue weighted by Gasteiger charge is 2.30. The van der Waals surface area contributed by atoms with Crippen molar-refractivity contribution in [2.24, 2.45) is 5.92 Å². The predicted octanol–water partition coefficient (Wildman–Crippen LogP) is 5.57. The third-order valence-corrected chi connectivity index (χ3v) is 7.28. The lowest BCUT2D eigenvalue weighted by Gasteiger charge is -2.32. The maximum Gasteiger partial charge on any atom is 0.326 e. The van der Waals surface area contributed by atoms with E-state index >= 15 is 0 Å². The fourth-order valence-electron chi connectivity index (χ4n) is 4.74. The molecule has 2 heterocycles. The van der Waals surface area contributed by atoms with Gasteiger partial charge in [-0.15, -0.1) is 0 Å². The number of carboxylic acids is 1. The molecule has 3 N–H and O–H groups in total. The molecule has 7 nitrogen and oxygen atoms in total. The van der Waals surface area contributed by atoms with Gasteiger partial charge in [-0.05, 0) is 54.3 Å². The van der Waals surface area contributed by atoms with E-state index in [0.717, 1.165) is 46.6 Å². The van der Waals surface area contributed by atoms with E-state index in [4.69, 9.17) is 23.2 Å². The lowest BCUT2D eigenvalue weighted by molar-refractivity contribution is -0.142. The van der Waals surface area contributed by atoms with Crippen LogP contribution in [0.15, 0.2) is 66.7 Å². The van der Waals surface area contributed by atoms with Crippen LogP contribution < -0.4 is 10.2 Å². The number of carbonyl (C=O) groups excluding carboxylic acids is 1. The van der Waals surface area contributed by atoms with E-state index in [9.17, 15) is 14.7 Å². The van der Waals surface area contributed by atoms with Gasteiger partial charge in [-0.1, -0.05) is 59.6 Å². The quantitative estimate of drug-likeness (QED) is 0.287. The highest BCUT2D eigenvalue weighted by Crippen LogP contribution is 2.31. The minimum absolute atomic E-state index is 0.171. The number of nitrogens with one attached hydrogen (secondary N) is 2. The van der Waals surface area contributed by atoms with Crippen molar-refractivity contribution in [2.75, 3.05) is 18.0 Å². The van der Waals surface area contributed by atoms with Gasteiger partial charge in [0.05, 0.1) is 17.0 Å². The van der Waals surface area contributed by atoms with Crippen molar-refractivity contribution in [2.45, 2.75) is 25.3 Å². The average Bonchev–Trinajstić information content (AvgIpc) is 3.35. The Morgan fingerprint density at radius 3 is 2.65 bits per heavy atom. The molecule has 2 unspecified atom stereocenters. The van der Waals surface area contributed by atoms with Crippen LogP contribution in [0.25, 0.3) is 22.2 Å². The number of benzene rings is 3. The second-order valence-corrected chi connectivity index (χ2v) is 10.1. The number of para-hydroxylation sites is 2. The Balaban J connectivity index is 1.24. The van der Waals surface area contributed by atoms with Crippen LogP contribution in [0.5, 0.6) is 0 Å². The van der Waals surface area contributed by atoms with Gasteiger partial charge in [-0.25, -0.2) is 9.78 Å². The van der Waals surface area contributed by atoms with Crippen molar-refractivity contribution in [3.63, 3.8) is 0 Å². The topological polar surface area (TPSA) is 98.3 Å². The van der Waals surface area contributed by atoms with E-state index in [2.05, 4.69) is 20.2 Å². The maximum absolute atomic E-state index is 13.1. The van der Waals surface area contributed by atoms with Crippen molar-refractivity contribution in [3.05, 3.63) is 82.3 Å². The summed E-state index contributed by atoms with van der Waals surface area (Å²) < 4.78 is 0. The number of hydrogen-bond donors (Lipinski definition) is 3. The van der Waals surface area contributed by atoms with Crippen LogP contribution in [-0.4, -0.2) is 46.1 Å². The van der Waals surface area contributed by atoms with Gasteiger partial charge in [0.1, 0.15) is 6.04 Å². The zero-order valence-corrected chi connectivity index (χ0v) is 21.5. The fraction of sp³-hybridized carbons (Fsp3) is 0.250. The summed E-state index contributed by atoms with van der Waals surface area (Å²) in [6.45, 7) is 1.27. The molecule has 1 aliphatic rings. The average molecular weight is 537 g/mol. The van der Waals surface area contributed by atoms with Gasteiger partial charge in [0, 0.05) is 35.1 Å². The third-order valence-electron chi connectivity index (χ3n) is 6.72. The Hall–Kier alpha value is -3.55. The van der Waals surface area contributed by atoms with Gasteiger partial charge in [0.2, 0.25) is 11.9 Å². The van der Waals surface area contributed by atoms with E-state index in [1.165, 1.54) is 0 Å². The first-order valence-corrected chi connectivity index (χ1v) is 12.9. The van der Waals surface area contributed by atoms with E-state index < -0.39 is 12.0 Å². The number of carboxylic acid groups (broad SMARTS) is 1. The number of halogens is 2. The number of aromatic amines is 1. The smallest absolute Gasteiger partial charge is 0.326 e. The molecular formula is C28H26Cl2N4O3. The second kappa shape index (κ2) is 10.8. The largest absolute Gasteiger partial charge is 0.480 e. The number of aromatic nitrogens is 2. The number of carbonyl (C=O) groups is 2. The molecule has 5 rings (SSSR count). The number of aliphatic carboxylic acids is 1. The van der Waals surface area contributed by atoms with Crippen LogP contribution in [0.3, 0.4) is 0 Å². The number of rotatable bonds is 7. The highest BCUT2D eigenvalue weighted by molar-refractivity contribution is 6.35. The molecule has 1 aliphatic heterocycles. The Labute approximate surface area is 224 Å². The van der Waals surface area contributed by atoms with E-state index in [0.29, 0.717) is 23.0 Å². The van der Waals surface area contributed by atoms with Crippen molar-refractivity contribution >= 4 is 52.1 Å². The van der Waals surface area contributed by atoms with Crippen LogP contribution >= 0.6 is 23.2 Å². The van der Waals surface area contributed by atoms with Gasteiger partial charge < -0.3 is 20.3 Å². The molecule has 1 amide bonds. The lowest BCUT2D eigenvalue weighted by atomic mass is 9.96. The number of amides is 1. The van der Waals surface area contributed by atoms with Gasteiger partial charge in [-0.3, -0.25) is 4.79 Å². The fourth-order valence-corrected chi connectivity index (χ4v) is 5.14. The molecular weight excluding hydrogens is 511 g/mol. The Morgan fingerprint density at radius 2 is 1.89 bits per heavy atom. The minimum Gasteiger partial charge on any atom is -0.480 e. The van der Waals surface area contributed by atoms with Crippen LogP contribution in [-0.2, 0) is 16.0 Å². The molecule has 3 aromatic carbocycles. The molecule has 1 saturated heterocycles. The molecule has 2 atom stereocenters. The number of hydrogen-bond acceptors (Lipinski definition) is 4. The van der Waals surface area contributed by atoms with Crippen LogP contribution in [0, 0.1) is 5.92 Å². The monoisotopic (exact) mass is 536 g/mol. The van der Waals surface area contributed by atoms with Gasteiger partial charge in [0.15, 0.2) is 0 Å². The molecule has 37 heavy (non-hydrogen) atoms. The van der Waals surface area contributed by atoms with Crippen molar-refractivity contribution in [1.29, 1.82) is 0 Å². The van der Waals surface area contributed by atoms with E-state index in [1.807, 2.05) is 48.5 Å². The predicted molar refractivity (Wildman–Crippen MR) is 146 cm³/mol. The molecule has 4 aromatic rings. The summed E-state index contributed by atoms with van der Waals surface area (Å²) in [5, 5.41) is 13.7. The summed E-state index contributed by atoms with van der Waals surface area (Å²) in [7, 11) is 0. The number of H-pyrrole nitrogens is 1. The normalized spacial score (nSPS) is 16.5. The Bertz CT molecular complexity index is 1400. The molecule has 0 aliphatic carbocycles. The lowest BCUT2D eigenvalue weighted by Crippen LogP contribution is -2.49. The van der Waals surface area contributed by atoms with Crippen LogP contribution in [0.1, 0.15) is 18.4 Å². The molecule has 0 bridgehead atoms. The summed E-state index contributed by atoms with van der Waals surface area (Å²) in [5.41, 5.74) is 4.29. The van der Waals surface area contributed by atoms with Gasteiger partial charge >= 0.3 is 5.97 Å². The second-order valence-electron chi connectivity index (χ2n) is 9.29. The summed E-state index contributed by atoms with van der Waals surface area (Å²) in [4.78, 5) is 35.1. The Morgan fingerprint density at radius 1 is 1.11 bits per heavy atom. The SMILES string of the molecule is O=C(NC(Cc1ccc(-c2cc(Cl)ccc2Cl)cc1)C(=O)O)C1CCCN(c2nc3ccccc3[nH]2)C1. The summed E-state index contributed by atoms with van der Waals surface area (Å²) in [6.07, 6.45) is 1.69. The number of imidazole rings is 1. The van der Waals surface area contributed by atoms with Gasteiger partial charge in [0.25, 0.3) is 0 Å². The van der Waals surface area contributed by atoms with Crippen molar-refractivity contribution in [1.82, 2.24) is 15.3 Å². The molecule has 190 valence electrons. The minimum atomic E-state index is -1.07. The summed E-state index contributed by atoms with van der Waals surface area (Å²) in [6, 6.07) is 19.5. The molecule has 0 radical (unpaired) electrons. The van der Waals surface area contributed by atoms with Crippen molar-refractivity contribution in [3.8, 4) is 11.1 Å². The summed E-state index contributed by atoms with van der Waals surface area (Å²) >= 11 is 12.4. The standard InChI is InChI=1S/C28H26Cl2N4O3/c29-20-11-12-22(30)21(15-20)18-9-7-17(8-10-18)14-25(27(36)37)31-26(35)19-4-3-13-34(16-19)28-32-23-5-1-2-6-24(23)33-28/h1-2,5-12,15,19,25H,3-4,13-14,16H2,(H,31,35)(H,32,33)(H,36,37). The van der Waals surface area contributed by atoms with Gasteiger partial charge in [-0.2, -0.15) is 0 Å². The third kappa shape index (κ3) is 5.73. The molecule has 1 aromatic heterocycles.